The van der Waals surface area contributed by atoms with Crippen LogP contribution in [0.1, 0.15) is 24.0 Å². The number of benzene rings is 3. The summed E-state index contributed by atoms with van der Waals surface area (Å²) in [6.45, 7) is 0.268. The Kier molecular flexibility index (Phi) is 10.1. The molecular formula is C26H25BrClN3O5. The first-order valence-corrected chi connectivity index (χ1v) is 12.1. The molecule has 10 heteroatoms. The summed E-state index contributed by atoms with van der Waals surface area (Å²) < 4.78 is 17.1. The van der Waals surface area contributed by atoms with Crippen LogP contribution in [0.15, 0.2) is 70.2 Å². The smallest absolute Gasteiger partial charge is 0.240 e. The molecule has 0 saturated heterocycles. The molecule has 0 fully saturated rings. The van der Waals surface area contributed by atoms with E-state index < -0.39 is 0 Å². The van der Waals surface area contributed by atoms with E-state index in [0.717, 1.165) is 5.56 Å². The van der Waals surface area contributed by atoms with E-state index in [0.29, 0.717) is 38.0 Å². The predicted octanol–water partition coefficient (Wildman–Crippen LogP) is 5.57. The molecule has 8 nitrogen and oxygen atoms in total. The van der Waals surface area contributed by atoms with Gasteiger partial charge in [-0.05, 0) is 64.0 Å². The Morgan fingerprint density at radius 2 is 1.72 bits per heavy atom. The Morgan fingerprint density at radius 3 is 2.42 bits per heavy atom. The maximum absolute atomic E-state index is 12.1. The lowest BCUT2D eigenvalue weighted by atomic mass is 10.2. The maximum atomic E-state index is 12.1. The van der Waals surface area contributed by atoms with Gasteiger partial charge in [-0.2, -0.15) is 5.10 Å². The van der Waals surface area contributed by atoms with Crippen molar-refractivity contribution in [3.8, 4) is 17.2 Å². The number of hydrogen-bond acceptors (Lipinski definition) is 6. The quantitative estimate of drug-likeness (QED) is 0.231. The molecule has 0 aliphatic rings. The first-order valence-electron chi connectivity index (χ1n) is 10.9. The van der Waals surface area contributed by atoms with Gasteiger partial charge < -0.3 is 19.5 Å². The molecule has 0 atom stereocenters. The summed E-state index contributed by atoms with van der Waals surface area (Å²) in [7, 11) is 3.10. The summed E-state index contributed by atoms with van der Waals surface area (Å²) in [6.07, 6.45) is 1.48. The van der Waals surface area contributed by atoms with E-state index in [9.17, 15) is 9.59 Å². The average molecular weight is 575 g/mol. The number of carbonyl (C=O) groups is 2. The molecule has 36 heavy (non-hydrogen) atoms. The van der Waals surface area contributed by atoms with Crippen LogP contribution in [0.5, 0.6) is 17.2 Å². The topological polar surface area (TPSA) is 98.2 Å². The molecule has 2 amide bonds. The van der Waals surface area contributed by atoms with Crippen molar-refractivity contribution in [2.45, 2.75) is 19.4 Å². The Bertz CT molecular complexity index is 1230. The molecule has 0 aliphatic carbocycles. The van der Waals surface area contributed by atoms with Crippen LogP contribution in [0.3, 0.4) is 0 Å². The van der Waals surface area contributed by atoms with Gasteiger partial charge in [0.15, 0.2) is 11.5 Å². The van der Waals surface area contributed by atoms with E-state index in [4.69, 9.17) is 25.8 Å². The highest BCUT2D eigenvalue weighted by atomic mass is 79.9. The number of amides is 2. The van der Waals surface area contributed by atoms with Gasteiger partial charge in [0.05, 0.1) is 24.9 Å². The van der Waals surface area contributed by atoms with Gasteiger partial charge in [-0.3, -0.25) is 9.59 Å². The second kappa shape index (κ2) is 13.5. The number of nitrogens with zero attached hydrogens (tertiary/aromatic N) is 1. The summed E-state index contributed by atoms with van der Waals surface area (Å²) in [6, 6.07) is 17.9. The molecule has 0 aromatic heterocycles. The molecule has 0 unspecified atom stereocenters. The summed E-state index contributed by atoms with van der Waals surface area (Å²) in [5.74, 6) is 1.03. The first-order chi connectivity index (χ1) is 17.4. The third kappa shape index (κ3) is 8.00. The number of hydrazone groups is 1. The van der Waals surface area contributed by atoms with Gasteiger partial charge in [-0.15, -0.1) is 0 Å². The number of hydrogen-bond donors (Lipinski definition) is 2. The summed E-state index contributed by atoms with van der Waals surface area (Å²) in [5, 5.41) is 7.31. The van der Waals surface area contributed by atoms with E-state index in [1.165, 1.54) is 13.3 Å². The largest absolute Gasteiger partial charge is 0.497 e. The fourth-order valence-corrected chi connectivity index (χ4v) is 3.84. The number of carbonyl (C=O) groups excluding carboxylic acids is 2. The zero-order valence-corrected chi connectivity index (χ0v) is 22.1. The van der Waals surface area contributed by atoms with Gasteiger partial charge in [-0.1, -0.05) is 29.8 Å². The van der Waals surface area contributed by atoms with Gasteiger partial charge in [0.25, 0.3) is 0 Å². The van der Waals surface area contributed by atoms with Crippen LogP contribution in [0, 0.1) is 0 Å². The third-order valence-corrected chi connectivity index (χ3v) is 5.90. The molecule has 3 aromatic carbocycles. The summed E-state index contributed by atoms with van der Waals surface area (Å²) in [4.78, 5) is 24.1. The molecule has 0 spiro atoms. The maximum Gasteiger partial charge on any atom is 0.240 e. The van der Waals surface area contributed by atoms with Gasteiger partial charge in [0.1, 0.15) is 12.4 Å². The Balaban J connectivity index is 1.50. The van der Waals surface area contributed by atoms with E-state index in [-0.39, 0.29) is 31.3 Å². The van der Waals surface area contributed by atoms with Crippen LogP contribution in [0.2, 0.25) is 5.02 Å². The Labute approximate surface area is 222 Å². The molecule has 0 bridgehead atoms. The van der Waals surface area contributed by atoms with Crippen LogP contribution in [0.25, 0.3) is 0 Å². The number of methoxy groups -OCH3 is 2. The van der Waals surface area contributed by atoms with Crippen LogP contribution >= 0.6 is 27.5 Å². The van der Waals surface area contributed by atoms with Crippen LogP contribution in [0.4, 0.5) is 5.69 Å². The molecule has 0 radical (unpaired) electrons. The van der Waals surface area contributed by atoms with Gasteiger partial charge in [0, 0.05) is 29.1 Å². The summed E-state index contributed by atoms with van der Waals surface area (Å²) in [5.41, 5.74) is 4.56. The van der Waals surface area contributed by atoms with Crippen molar-refractivity contribution in [3.63, 3.8) is 0 Å². The molecule has 188 valence electrons. The van der Waals surface area contributed by atoms with Gasteiger partial charge in [-0.25, -0.2) is 5.43 Å². The lowest BCUT2D eigenvalue weighted by Crippen LogP contribution is -2.20. The zero-order chi connectivity index (χ0) is 25.9. The monoisotopic (exact) mass is 573 g/mol. The van der Waals surface area contributed by atoms with Crippen LogP contribution in [-0.4, -0.2) is 32.2 Å². The number of rotatable bonds is 11. The molecule has 0 aliphatic heterocycles. The zero-order valence-electron chi connectivity index (χ0n) is 19.7. The minimum Gasteiger partial charge on any atom is -0.497 e. The molecule has 3 rings (SSSR count). The van der Waals surface area contributed by atoms with Crippen molar-refractivity contribution in [3.05, 3.63) is 81.3 Å². The number of anilines is 1. The molecule has 3 aromatic rings. The van der Waals surface area contributed by atoms with Crippen molar-refractivity contribution in [1.82, 2.24) is 5.43 Å². The lowest BCUT2D eigenvalue weighted by Gasteiger charge is -2.14. The average Bonchev–Trinajstić information content (AvgIpc) is 2.88. The third-order valence-electron chi connectivity index (χ3n) is 4.94. The second-order valence-electron chi connectivity index (χ2n) is 7.48. The van der Waals surface area contributed by atoms with E-state index in [1.54, 1.807) is 49.6 Å². The van der Waals surface area contributed by atoms with Crippen LogP contribution in [-0.2, 0) is 16.2 Å². The number of ether oxygens (including phenoxy) is 3. The highest BCUT2D eigenvalue weighted by molar-refractivity contribution is 9.10. The van der Waals surface area contributed by atoms with Crippen molar-refractivity contribution in [2.24, 2.45) is 5.10 Å². The molecule has 0 saturated carbocycles. The second-order valence-corrected chi connectivity index (χ2v) is 8.75. The predicted molar refractivity (Wildman–Crippen MR) is 143 cm³/mol. The SMILES string of the molecule is COc1ccc(NC(=O)CCC(=O)NN=Cc2cc(Br)c(OCc3ccccc3Cl)c(OC)c2)cc1. The molecule has 2 N–H and O–H groups in total. The molecule has 0 heterocycles. The minimum absolute atomic E-state index is 0.0127. The van der Waals surface area contributed by atoms with Crippen molar-refractivity contribution < 1.29 is 23.8 Å². The fraction of sp³-hybridized carbons (Fsp3) is 0.192. The van der Waals surface area contributed by atoms with Crippen molar-refractivity contribution in [1.29, 1.82) is 0 Å². The van der Waals surface area contributed by atoms with Crippen molar-refractivity contribution >= 4 is 51.2 Å². The Morgan fingerprint density at radius 1 is 1.00 bits per heavy atom. The summed E-state index contributed by atoms with van der Waals surface area (Å²) >= 11 is 9.69. The highest BCUT2D eigenvalue weighted by Crippen LogP contribution is 2.37. The van der Waals surface area contributed by atoms with Crippen LogP contribution < -0.4 is 25.0 Å². The molecular weight excluding hydrogens is 550 g/mol. The van der Waals surface area contributed by atoms with Gasteiger partial charge in [0.2, 0.25) is 11.8 Å². The van der Waals surface area contributed by atoms with E-state index in [1.807, 2.05) is 18.2 Å². The van der Waals surface area contributed by atoms with Crippen molar-refractivity contribution in [2.75, 3.05) is 19.5 Å². The van der Waals surface area contributed by atoms with E-state index >= 15 is 0 Å². The normalized spacial score (nSPS) is 10.7. The van der Waals surface area contributed by atoms with E-state index in [2.05, 4.69) is 31.8 Å². The first kappa shape index (κ1) is 27.0. The Hall–Kier alpha value is -3.56. The highest BCUT2D eigenvalue weighted by Gasteiger charge is 2.13. The lowest BCUT2D eigenvalue weighted by molar-refractivity contribution is -0.124. The fourth-order valence-electron chi connectivity index (χ4n) is 3.08. The number of halogens is 2. The minimum atomic E-state index is -0.387. The standard InChI is InChI=1S/C26H25BrClN3O5/c1-34-20-9-7-19(8-10-20)30-24(32)11-12-25(33)31-29-15-17-13-21(27)26(23(14-17)35-2)36-16-18-5-3-4-6-22(18)28/h3-10,13-15H,11-12,16H2,1-2H3,(H,30,32)(H,31,33). The number of nitrogens with one attached hydrogen (secondary N) is 2. The van der Waals surface area contributed by atoms with Gasteiger partial charge >= 0.3 is 0 Å².